The average Bonchev–Trinajstić information content (AvgIpc) is 2.34. The number of anilines is 2. The third kappa shape index (κ3) is 4.99. The Labute approximate surface area is 107 Å². The lowest BCUT2D eigenvalue weighted by Gasteiger charge is -2.08. The smallest absolute Gasteiger partial charge is 0.305 e. The molecule has 0 fully saturated rings. The molecule has 1 rings (SSSR count). The van der Waals surface area contributed by atoms with E-state index in [1.807, 2.05) is 20.0 Å². The lowest BCUT2D eigenvalue weighted by molar-refractivity contribution is -0.143. The van der Waals surface area contributed by atoms with Gasteiger partial charge in [-0.3, -0.25) is 4.79 Å². The molecule has 0 atom stereocenters. The van der Waals surface area contributed by atoms with Crippen molar-refractivity contribution in [1.29, 1.82) is 0 Å². The molecule has 6 nitrogen and oxygen atoms in total. The zero-order valence-electron chi connectivity index (χ0n) is 11.1. The Morgan fingerprint density at radius 3 is 2.78 bits per heavy atom. The van der Waals surface area contributed by atoms with E-state index >= 15 is 0 Å². The first-order chi connectivity index (χ1) is 8.65. The molecule has 0 bridgehead atoms. The maximum atomic E-state index is 11.1. The third-order valence-corrected chi connectivity index (χ3v) is 2.26. The number of nitrogens with one attached hydrogen (secondary N) is 2. The summed E-state index contributed by atoms with van der Waals surface area (Å²) in [4.78, 5) is 19.6. The molecule has 0 aliphatic carbocycles. The largest absolute Gasteiger partial charge is 0.466 e. The molecule has 0 saturated carbocycles. The Morgan fingerprint density at radius 1 is 1.39 bits per heavy atom. The lowest BCUT2D eigenvalue weighted by Crippen LogP contribution is -2.10. The van der Waals surface area contributed by atoms with E-state index in [0.717, 1.165) is 18.1 Å². The van der Waals surface area contributed by atoms with Crippen LogP contribution < -0.4 is 10.6 Å². The highest BCUT2D eigenvalue weighted by atomic mass is 16.5. The summed E-state index contributed by atoms with van der Waals surface area (Å²) < 4.78 is 4.85. The maximum absolute atomic E-state index is 11.1. The van der Waals surface area contributed by atoms with Crippen LogP contribution >= 0.6 is 0 Å². The lowest BCUT2D eigenvalue weighted by atomic mass is 10.3. The van der Waals surface area contributed by atoms with Crippen LogP contribution in [0.25, 0.3) is 0 Å². The summed E-state index contributed by atoms with van der Waals surface area (Å²) in [6, 6.07) is 1.83. The van der Waals surface area contributed by atoms with Crippen molar-refractivity contribution < 1.29 is 9.53 Å². The van der Waals surface area contributed by atoms with Crippen LogP contribution in [0.3, 0.4) is 0 Å². The Bertz CT molecular complexity index is 396. The predicted molar refractivity (Wildman–Crippen MR) is 70.7 cm³/mol. The number of rotatable bonds is 7. The van der Waals surface area contributed by atoms with Gasteiger partial charge in [-0.05, 0) is 20.3 Å². The van der Waals surface area contributed by atoms with Gasteiger partial charge in [-0.25, -0.2) is 9.97 Å². The number of nitrogens with zero attached hydrogens (tertiary/aromatic N) is 2. The second-order valence-electron chi connectivity index (χ2n) is 3.77. The fourth-order valence-corrected chi connectivity index (χ4v) is 1.47. The van der Waals surface area contributed by atoms with Gasteiger partial charge in [0.05, 0.1) is 6.61 Å². The molecule has 0 amide bonds. The molecule has 18 heavy (non-hydrogen) atoms. The minimum atomic E-state index is -0.158. The van der Waals surface area contributed by atoms with E-state index in [9.17, 15) is 4.79 Å². The summed E-state index contributed by atoms with van der Waals surface area (Å²) in [5.74, 6) is 2.08. The molecule has 1 aromatic heterocycles. The first-order valence-corrected chi connectivity index (χ1v) is 6.08. The fraction of sp³-hybridized carbons (Fsp3) is 0.583. The monoisotopic (exact) mass is 252 g/mol. The van der Waals surface area contributed by atoms with E-state index in [1.54, 1.807) is 6.92 Å². The van der Waals surface area contributed by atoms with Crippen LogP contribution in [0.2, 0.25) is 0 Å². The van der Waals surface area contributed by atoms with Crippen molar-refractivity contribution in [2.24, 2.45) is 0 Å². The minimum absolute atomic E-state index is 0.158. The molecule has 0 aliphatic rings. The quantitative estimate of drug-likeness (QED) is 0.567. The van der Waals surface area contributed by atoms with E-state index in [1.165, 1.54) is 0 Å². The maximum Gasteiger partial charge on any atom is 0.305 e. The highest BCUT2D eigenvalue weighted by molar-refractivity contribution is 5.69. The van der Waals surface area contributed by atoms with Crippen molar-refractivity contribution >= 4 is 17.6 Å². The van der Waals surface area contributed by atoms with Crippen LogP contribution in [0.5, 0.6) is 0 Å². The van der Waals surface area contributed by atoms with Crippen molar-refractivity contribution in [1.82, 2.24) is 9.97 Å². The molecule has 0 aromatic carbocycles. The van der Waals surface area contributed by atoms with Crippen molar-refractivity contribution in [2.75, 3.05) is 30.8 Å². The van der Waals surface area contributed by atoms with Crippen molar-refractivity contribution in [3.63, 3.8) is 0 Å². The normalized spacial score (nSPS) is 9.94. The number of carbonyl (C=O) groups is 1. The predicted octanol–water partition coefficient (Wildman–Crippen LogP) is 1.58. The number of carbonyl (C=O) groups excluding carboxylic acids is 1. The van der Waals surface area contributed by atoms with Crippen LogP contribution in [0, 0.1) is 6.92 Å². The van der Waals surface area contributed by atoms with E-state index in [4.69, 9.17) is 4.74 Å². The summed E-state index contributed by atoms with van der Waals surface area (Å²) in [5, 5.41) is 6.13. The second-order valence-corrected chi connectivity index (χ2v) is 3.77. The van der Waals surface area contributed by atoms with Gasteiger partial charge in [0.1, 0.15) is 17.5 Å². The summed E-state index contributed by atoms with van der Waals surface area (Å²) >= 11 is 0. The van der Waals surface area contributed by atoms with Gasteiger partial charge in [-0.1, -0.05) is 0 Å². The van der Waals surface area contributed by atoms with E-state index < -0.39 is 0 Å². The average molecular weight is 252 g/mol. The van der Waals surface area contributed by atoms with E-state index in [2.05, 4.69) is 20.6 Å². The molecule has 1 aromatic rings. The van der Waals surface area contributed by atoms with Gasteiger partial charge in [0.15, 0.2) is 0 Å². The Morgan fingerprint density at radius 2 is 2.11 bits per heavy atom. The van der Waals surface area contributed by atoms with Crippen molar-refractivity contribution in [2.45, 2.75) is 26.7 Å². The van der Waals surface area contributed by atoms with Gasteiger partial charge in [0.2, 0.25) is 0 Å². The highest BCUT2D eigenvalue weighted by Crippen LogP contribution is 2.10. The third-order valence-electron chi connectivity index (χ3n) is 2.26. The number of aryl methyl sites for hydroxylation is 1. The van der Waals surface area contributed by atoms with Crippen molar-refractivity contribution in [3.05, 3.63) is 11.9 Å². The number of ether oxygens (including phenoxy) is 1. The second kappa shape index (κ2) is 7.47. The summed E-state index contributed by atoms with van der Waals surface area (Å²) in [6.07, 6.45) is 1.14. The Hall–Kier alpha value is -1.85. The summed E-state index contributed by atoms with van der Waals surface area (Å²) in [5.41, 5.74) is 0. The highest BCUT2D eigenvalue weighted by Gasteiger charge is 2.02. The Balaban J connectivity index is 2.35. The van der Waals surface area contributed by atoms with Gasteiger partial charge in [-0.2, -0.15) is 0 Å². The molecule has 2 N–H and O–H groups in total. The molecule has 0 unspecified atom stereocenters. The topological polar surface area (TPSA) is 76.1 Å². The van der Waals surface area contributed by atoms with Crippen molar-refractivity contribution in [3.8, 4) is 0 Å². The number of hydrogen-bond acceptors (Lipinski definition) is 6. The molecular weight excluding hydrogens is 232 g/mol. The molecule has 100 valence electrons. The minimum Gasteiger partial charge on any atom is -0.466 e. The molecule has 6 heteroatoms. The van der Waals surface area contributed by atoms with E-state index in [0.29, 0.717) is 25.4 Å². The Kier molecular flexibility index (Phi) is 5.90. The van der Waals surface area contributed by atoms with Gasteiger partial charge >= 0.3 is 5.97 Å². The summed E-state index contributed by atoms with van der Waals surface area (Å²) in [6.45, 7) is 4.76. The first kappa shape index (κ1) is 14.2. The standard InChI is InChI=1S/C12H20N4O2/c1-4-18-12(17)6-5-7-14-11-8-10(13-3)15-9(2)16-11/h8H,4-7H2,1-3H3,(H2,13,14,15,16). The molecule has 0 aliphatic heterocycles. The molecule has 0 radical (unpaired) electrons. The zero-order chi connectivity index (χ0) is 13.4. The SMILES string of the molecule is CCOC(=O)CCCNc1cc(NC)nc(C)n1. The van der Waals surface area contributed by atoms with Gasteiger partial charge < -0.3 is 15.4 Å². The van der Waals surface area contributed by atoms with Gasteiger partial charge in [0.25, 0.3) is 0 Å². The first-order valence-electron chi connectivity index (χ1n) is 6.08. The number of hydrogen-bond donors (Lipinski definition) is 2. The van der Waals surface area contributed by atoms with Crippen LogP contribution in [-0.4, -0.2) is 36.1 Å². The fourth-order valence-electron chi connectivity index (χ4n) is 1.47. The van der Waals surface area contributed by atoms with Crippen LogP contribution in [0.1, 0.15) is 25.6 Å². The van der Waals surface area contributed by atoms with Crippen LogP contribution in [-0.2, 0) is 9.53 Å². The van der Waals surface area contributed by atoms with E-state index in [-0.39, 0.29) is 5.97 Å². The molecule has 0 spiro atoms. The van der Waals surface area contributed by atoms with Crippen LogP contribution in [0.4, 0.5) is 11.6 Å². The molecule has 0 saturated heterocycles. The summed E-state index contributed by atoms with van der Waals surface area (Å²) in [7, 11) is 1.81. The van der Waals surface area contributed by atoms with Crippen LogP contribution in [0.15, 0.2) is 6.07 Å². The number of esters is 1. The van der Waals surface area contributed by atoms with Gasteiger partial charge in [-0.15, -0.1) is 0 Å². The molecular formula is C12H20N4O2. The van der Waals surface area contributed by atoms with Gasteiger partial charge in [0, 0.05) is 26.1 Å². The molecule has 1 heterocycles. The number of aromatic nitrogens is 2. The zero-order valence-corrected chi connectivity index (χ0v) is 11.1.